The molecule has 0 fully saturated rings. The van der Waals surface area contributed by atoms with Gasteiger partial charge in [0.2, 0.25) is 0 Å². The molecule has 2 rings (SSSR count). The molecule has 0 radical (unpaired) electrons. The maximum Gasteiger partial charge on any atom is 0.0423 e. The second-order valence-electron chi connectivity index (χ2n) is 5.09. The van der Waals surface area contributed by atoms with Crippen molar-refractivity contribution in [3.05, 3.63) is 69.7 Å². The van der Waals surface area contributed by atoms with Crippen molar-refractivity contribution in [1.82, 2.24) is 0 Å². The molecule has 1 nitrogen and oxygen atoms in total. The zero-order valence-electron chi connectivity index (χ0n) is 11.9. The Morgan fingerprint density at radius 3 is 2.40 bits per heavy atom. The molecule has 0 saturated heterocycles. The van der Waals surface area contributed by atoms with Gasteiger partial charge in [0.15, 0.2) is 0 Å². The Balaban J connectivity index is 2.07. The van der Waals surface area contributed by atoms with E-state index >= 15 is 0 Å². The number of thioether (sulfide) groups is 1. The highest BCUT2D eigenvalue weighted by atomic mass is 35.5. The van der Waals surface area contributed by atoms with E-state index in [1.54, 1.807) is 0 Å². The molecule has 2 N–H and O–H groups in total. The molecule has 0 bridgehead atoms. The Morgan fingerprint density at radius 1 is 1.10 bits per heavy atom. The lowest BCUT2D eigenvalue weighted by Crippen LogP contribution is -2.09. The normalized spacial score (nSPS) is 12.4. The van der Waals surface area contributed by atoms with Crippen LogP contribution in [0.25, 0.3) is 0 Å². The lowest BCUT2D eigenvalue weighted by Gasteiger charge is -2.15. The first kappa shape index (κ1) is 15.4. The summed E-state index contributed by atoms with van der Waals surface area (Å²) in [6, 6.07) is 14.7. The van der Waals surface area contributed by atoms with Gasteiger partial charge in [0.1, 0.15) is 0 Å². The first-order valence-electron chi connectivity index (χ1n) is 6.73. The molecule has 2 aromatic carbocycles. The SMILES string of the molecule is Cc1cc(C)cc(CSC(CN)c2cccc(Cl)c2)c1. The summed E-state index contributed by atoms with van der Waals surface area (Å²) < 4.78 is 0. The van der Waals surface area contributed by atoms with E-state index in [2.05, 4.69) is 38.1 Å². The van der Waals surface area contributed by atoms with Gasteiger partial charge < -0.3 is 5.73 Å². The van der Waals surface area contributed by atoms with Gasteiger partial charge in [-0.3, -0.25) is 0 Å². The van der Waals surface area contributed by atoms with Crippen LogP contribution in [0, 0.1) is 13.8 Å². The van der Waals surface area contributed by atoms with Crippen LogP contribution in [0.3, 0.4) is 0 Å². The summed E-state index contributed by atoms with van der Waals surface area (Å²) in [5.41, 5.74) is 11.1. The summed E-state index contributed by atoms with van der Waals surface area (Å²) in [7, 11) is 0. The van der Waals surface area contributed by atoms with Crippen molar-refractivity contribution in [2.24, 2.45) is 5.73 Å². The van der Waals surface area contributed by atoms with Gasteiger partial charge in [-0.1, -0.05) is 53.1 Å². The molecular weight excluding hydrogens is 286 g/mol. The monoisotopic (exact) mass is 305 g/mol. The number of aryl methyl sites for hydroxylation is 2. The van der Waals surface area contributed by atoms with Gasteiger partial charge in [-0.25, -0.2) is 0 Å². The predicted molar refractivity (Wildman–Crippen MR) is 90.5 cm³/mol. The molecule has 0 aromatic heterocycles. The summed E-state index contributed by atoms with van der Waals surface area (Å²) in [5.74, 6) is 0.969. The van der Waals surface area contributed by atoms with Gasteiger partial charge in [-0.2, -0.15) is 0 Å². The van der Waals surface area contributed by atoms with Gasteiger partial charge >= 0.3 is 0 Å². The average Bonchev–Trinajstić information content (AvgIpc) is 2.38. The maximum absolute atomic E-state index is 6.05. The van der Waals surface area contributed by atoms with Gasteiger partial charge in [0.25, 0.3) is 0 Å². The first-order valence-corrected chi connectivity index (χ1v) is 8.15. The van der Waals surface area contributed by atoms with E-state index in [0.717, 1.165) is 10.8 Å². The number of halogens is 1. The van der Waals surface area contributed by atoms with Crippen LogP contribution in [0.1, 0.15) is 27.5 Å². The number of benzene rings is 2. The molecule has 0 heterocycles. The Labute approximate surface area is 130 Å². The summed E-state index contributed by atoms with van der Waals surface area (Å²) in [6.45, 7) is 4.90. The van der Waals surface area contributed by atoms with Gasteiger partial charge in [-0.15, -0.1) is 11.8 Å². The number of hydrogen-bond acceptors (Lipinski definition) is 2. The Kier molecular flexibility index (Phi) is 5.53. The van der Waals surface area contributed by atoms with Crippen LogP contribution in [0.2, 0.25) is 5.02 Å². The summed E-state index contributed by atoms with van der Waals surface area (Å²) in [4.78, 5) is 0. The Morgan fingerprint density at radius 2 is 1.80 bits per heavy atom. The van der Waals surface area contributed by atoms with Crippen molar-refractivity contribution < 1.29 is 0 Å². The minimum absolute atomic E-state index is 0.287. The predicted octanol–water partition coefficient (Wildman–Crippen LogP) is 4.89. The highest BCUT2D eigenvalue weighted by Gasteiger charge is 2.11. The third-order valence-corrected chi connectivity index (χ3v) is 4.77. The molecule has 2 aromatic rings. The molecular formula is C17H20ClNS. The third-order valence-electron chi connectivity index (χ3n) is 3.17. The largest absolute Gasteiger partial charge is 0.329 e. The summed E-state index contributed by atoms with van der Waals surface area (Å²) >= 11 is 7.92. The minimum atomic E-state index is 0.287. The van der Waals surface area contributed by atoms with Crippen LogP contribution in [0.4, 0.5) is 0 Å². The average molecular weight is 306 g/mol. The molecule has 106 valence electrons. The molecule has 1 atom stereocenters. The molecule has 0 spiro atoms. The second-order valence-corrected chi connectivity index (χ2v) is 6.71. The summed E-state index contributed by atoms with van der Waals surface area (Å²) in [6.07, 6.45) is 0. The van der Waals surface area contributed by atoms with Crippen molar-refractivity contribution in [3.8, 4) is 0 Å². The number of rotatable bonds is 5. The molecule has 0 saturated carbocycles. The first-order chi connectivity index (χ1) is 9.58. The van der Waals surface area contributed by atoms with E-state index in [1.807, 2.05) is 30.0 Å². The van der Waals surface area contributed by atoms with Gasteiger partial charge in [-0.05, 0) is 37.1 Å². The lowest BCUT2D eigenvalue weighted by molar-refractivity contribution is 0.940. The smallest absolute Gasteiger partial charge is 0.0423 e. The van der Waals surface area contributed by atoms with Crippen LogP contribution < -0.4 is 5.73 Å². The fourth-order valence-corrected chi connectivity index (χ4v) is 3.59. The quantitative estimate of drug-likeness (QED) is 0.851. The van der Waals surface area contributed by atoms with Crippen molar-refractivity contribution in [2.45, 2.75) is 24.9 Å². The van der Waals surface area contributed by atoms with Gasteiger partial charge in [0, 0.05) is 22.6 Å². The molecule has 0 aliphatic heterocycles. The van der Waals surface area contributed by atoms with E-state index in [-0.39, 0.29) is 5.25 Å². The molecule has 0 aliphatic carbocycles. The van der Waals surface area contributed by atoms with E-state index in [4.69, 9.17) is 17.3 Å². The van der Waals surface area contributed by atoms with Crippen LogP contribution >= 0.6 is 23.4 Å². The van der Waals surface area contributed by atoms with Crippen molar-refractivity contribution in [3.63, 3.8) is 0 Å². The van der Waals surface area contributed by atoms with Crippen molar-refractivity contribution >= 4 is 23.4 Å². The van der Waals surface area contributed by atoms with E-state index < -0.39 is 0 Å². The van der Waals surface area contributed by atoms with Crippen LogP contribution in [-0.2, 0) is 5.75 Å². The number of hydrogen-bond donors (Lipinski definition) is 1. The number of nitrogens with two attached hydrogens (primary N) is 1. The van der Waals surface area contributed by atoms with Crippen molar-refractivity contribution in [1.29, 1.82) is 0 Å². The van der Waals surface area contributed by atoms with Crippen LogP contribution in [-0.4, -0.2) is 6.54 Å². The summed E-state index contributed by atoms with van der Waals surface area (Å²) in [5, 5.41) is 1.06. The third kappa shape index (κ3) is 4.27. The Bertz CT molecular complexity index is 563. The van der Waals surface area contributed by atoms with E-state index in [1.165, 1.54) is 22.3 Å². The zero-order valence-corrected chi connectivity index (χ0v) is 13.5. The van der Waals surface area contributed by atoms with Crippen LogP contribution in [0.15, 0.2) is 42.5 Å². The minimum Gasteiger partial charge on any atom is -0.329 e. The molecule has 3 heteroatoms. The zero-order chi connectivity index (χ0) is 14.5. The fourth-order valence-electron chi connectivity index (χ4n) is 2.36. The maximum atomic E-state index is 6.05. The van der Waals surface area contributed by atoms with E-state index in [0.29, 0.717) is 6.54 Å². The fraction of sp³-hybridized carbons (Fsp3) is 0.294. The highest BCUT2D eigenvalue weighted by molar-refractivity contribution is 7.98. The lowest BCUT2D eigenvalue weighted by atomic mass is 10.1. The Hall–Kier alpha value is -0.960. The van der Waals surface area contributed by atoms with E-state index in [9.17, 15) is 0 Å². The topological polar surface area (TPSA) is 26.0 Å². The highest BCUT2D eigenvalue weighted by Crippen LogP contribution is 2.32. The molecule has 0 amide bonds. The van der Waals surface area contributed by atoms with Crippen molar-refractivity contribution in [2.75, 3.05) is 6.54 Å². The van der Waals surface area contributed by atoms with Gasteiger partial charge in [0.05, 0.1) is 0 Å². The molecule has 0 aliphatic rings. The standard InChI is InChI=1S/C17H20ClNS/c1-12-6-13(2)8-14(7-12)11-20-17(10-19)15-4-3-5-16(18)9-15/h3-9,17H,10-11,19H2,1-2H3. The molecule has 20 heavy (non-hydrogen) atoms. The second kappa shape index (κ2) is 7.16. The van der Waals surface area contributed by atoms with Crippen LogP contribution in [0.5, 0.6) is 0 Å². The molecule has 1 unspecified atom stereocenters.